The van der Waals surface area contributed by atoms with E-state index in [0.717, 1.165) is 11.4 Å². The Morgan fingerprint density at radius 1 is 1.37 bits per heavy atom. The van der Waals surface area contributed by atoms with Gasteiger partial charge in [0.05, 0.1) is 24.9 Å². The van der Waals surface area contributed by atoms with Gasteiger partial charge in [-0.25, -0.2) is 4.79 Å². The van der Waals surface area contributed by atoms with Crippen LogP contribution >= 0.6 is 11.6 Å². The quantitative estimate of drug-likeness (QED) is 0.872. The smallest absolute Gasteiger partial charge is 0.339 e. The van der Waals surface area contributed by atoms with Crippen LogP contribution in [0.2, 0.25) is 5.02 Å². The fourth-order valence-electron chi connectivity index (χ4n) is 1.56. The minimum atomic E-state index is -0.387. The fraction of sp³-hybridized carbons (Fsp3) is 0.143. The van der Waals surface area contributed by atoms with Gasteiger partial charge in [0.1, 0.15) is 0 Å². The summed E-state index contributed by atoms with van der Waals surface area (Å²) in [7, 11) is 1.34. The Labute approximate surface area is 116 Å². The molecule has 0 aliphatic carbocycles. The van der Waals surface area contributed by atoms with Crippen molar-refractivity contribution < 1.29 is 9.53 Å². The first-order valence-electron chi connectivity index (χ1n) is 5.72. The number of methoxy groups -OCH3 is 1. The van der Waals surface area contributed by atoms with Crippen molar-refractivity contribution >= 4 is 23.3 Å². The Bertz CT molecular complexity index is 570. The predicted molar refractivity (Wildman–Crippen MR) is 74.4 cm³/mol. The lowest BCUT2D eigenvalue weighted by Crippen LogP contribution is -2.05. The van der Waals surface area contributed by atoms with Crippen molar-refractivity contribution in [1.29, 1.82) is 0 Å². The van der Waals surface area contributed by atoms with E-state index in [2.05, 4.69) is 15.0 Å². The Kier molecular flexibility index (Phi) is 4.36. The summed E-state index contributed by atoms with van der Waals surface area (Å²) in [4.78, 5) is 15.4. The monoisotopic (exact) mass is 276 g/mol. The number of carbonyl (C=O) groups is 1. The van der Waals surface area contributed by atoms with Crippen LogP contribution in [0.4, 0.5) is 5.69 Å². The average Bonchev–Trinajstić information content (AvgIpc) is 2.45. The molecule has 98 valence electrons. The zero-order valence-electron chi connectivity index (χ0n) is 10.4. The largest absolute Gasteiger partial charge is 0.465 e. The van der Waals surface area contributed by atoms with Crippen LogP contribution in [0.3, 0.4) is 0 Å². The van der Waals surface area contributed by atoms with Gasteiger partial charge in [-0.2, -0.15) is 0 Å². The van der Waals surface area contributed by atoms with Gasteiger partial charge in [-0.15, -0.1) is 0 Å². The molecule has 1 heterocycles. The lowest BCUT2D eigenvalue weighted by Gasteiger charge is -2.06. The lowest BCUT2D eigenvalue weighted by molar-refractivity contribution is 0.0600. The number of pyridine rings is 1. The zero-order valence-corrected chi connectivity index (χ0v) is 11.1. The molecule has 0 radical (unpaired) electrons. The number of halogens is 1. The minimum Gasteiger partial charge on any atom is -0.465 e. The molecule has 0 aliphatic heterocycles. The average molecular weight is 277 g/mol. The molecule has 2 aromatic rings. The van der Waals surface area contributed by atoms with Gasteiger partial charge in [-0.05, 0) is 30.3 Å². The maximum atomic E-state index is 11.2. The van der Waals surface area contributed by atoms with E-state index >= 15 is 0 Å². The van der Waals surface area contributed by atoms with Crippen molar-refractivity contribution in [3.05, 3.63) is 58.9 Å². The van der Waals surface area contributed by atoms with Crippen LogP contribution < -0.4 is 5.32 Å². The van der Waals surface area contributed by atoms with E-state index in [1.54, 1.807) is 12.1 Å². The highest BCUT2D eigenvalue weighted by atomic mass is 35.5. The van der Waals surface area contributed by atoms with E-state index in [4.69, 9.17) is 11.6 Å². The molecular formula is C14H13ClN2O2. The lowest BCUT2D eigenvalue weighted by atomic mass is 10.2. The third-order valence-corrected chi connectivity index (χ3v) is 2.78. The van der Waals surface area contributed by atoms with Crippen LogP contribution in [0.15, 0.2) is 42.6 Å². The highest BCUT2D eigenvalue weighted by Crippen LogP contribution is 2.15. The SMILES string of the molecule is COC(=O)c1ccc(CNc2cccc(Cl)c2)nc1. The molecule has 19 heavy (non-hydrogen) atoms. The standard InChI is InChI=1S/C14H13ClN2O2/c1-19-14(18)10-5-6-13(16-8-10)9-17-12-4-2-3-11(15)7-12/h2-8,17H,9H2,1H3. The maximum Gasteiger partial charge on any atom is 0.339 e. The second-order valence-electron chi connectivity index (χ2n) is 3.89. The number of ether oxygens (including phenoxy) is 1. The van der Waals surface area contributed by atoms with Crippen molar-refractivity contribution in [2.45, 2.75) is 6.54 Å². The van der Waals surface area contributed by atoms with Gasteiger partial charge >= 0.3 is 5.97 Å². The third-order valence-electron chi connectivity index (χ3n) is 2.54. The fourth-order valence-corrected chi connectivity index (χ4v) is 1.75. The molecule has 2 rings (SSSR count). The number of hydrogen-bond acceptors (Lipinski definition) is 4. The first-order valence-corrected chi connectivity index (χ1v) is 6.09. The summed E-state index contributed by atoms with van der Waals surface area (Å²) in [6.07, 6.45) is 1.50. The first-order chi connectivity index (χ1) is 9.19. The molecule has 5 heteroatoms. The van der Waals surface area contributed by atoms with E-state index in [-0.39, 0.29) is 5.97 Å². The molecule has 0 spiro atoms. The molecule has 0 saturated heterocycles. The molecule has 0 saturated carbocycles. The van der Waals surface area contributed by atoms with E-state index in [9.17, 15) is 4.79 Å². The summed E-state index contributed by atoms with van der Waals surface area (Å²) in [6, 6.07) is 10.9. The normalized spacial score (nSPS) is 10.0. The molecule has 1 aromatic carbocycles. The topological polar surface area (TPSA) is 51.2 Å². The van der Waals surface area contributed by atoms with Crippen LogP contribution in [0, 0.1) is 0 Å². The van der Waals surface area contributed by atoms with Crippen LogP contribution in [0.1, 0.15) is 16.1 Å². The molecule has 4 nitrogen and oxygen atoms in total. The summed E-state index contributed by atoms with van der Waals surface area (Å²) in [5.41, 5.74) is 2.19. The van der Waals surface area contributed by atoms with Crippen LogP contribution in [-0.4, -0.2) is 18.1 Å². The van der Waals surface area contributed by atoms with E-state index in [1.807, 2.05) is 24.3 Å². The summed E-state index contributed by atoms with van der Waals surface area (Å²) < 4.78 is 4.61. The Morgan fingerprint density at radius 2 is 2.21 bits per heavy atom. The predicted octanol–water partition coefficient (Wildman–Crippen LogP) is 3.13. The van der Waals surface area contributed by atoms with Crippen LogP contribution in [0.5, 0.6) is 0 Å². The zero-order chi connectivity index (χ0) is 13.7. The summed E-state index contributed by atoms with van der Waals surface area (Å²) in [5.74, 6) is -0.387. The van der Waals surface area contributed by atoms with Gasteiger partial charge in [0.2, 0.25) is 0 Å². The summed E-state index contributed by atoms with van der Waals surface area (Å²) in [6.45, 7) is 0.557. The molecule has 0 amide bonds. The number of hydrogen-bond donors (Lipinski definition) is 1. The van der Waals surface area contributed by atoms with Gasteiger partial charge in [-0.3, -0.25) is 4.98 Å². The molecule has 1 aromatic heterocycles. The maximum absolute atomic E-state index is 11.2. The van der Waals surface area contributed by atoms with Crippen LogP contribution in [0.25, 0.3) is 0 Å². The van der Waals surface area contributed by atoms with Crippen molar-refractivity contribution in [3.63, 3.8) is 0 Å². The van der Waals surface area contributed by atoms with Gasteiger partial charge in [0.25, 0.3) is 0 Å². The number of benzene rings is 1. The minimum absolute atomic E-state index is 0.387. The third kappa shape index (κ3) is 3.69. The highest BCUT2D eigenvalue weighted by molar-refractivity contribution is 6.30. The molecule has 1 N–H and O–H groups in total. The number of anilines is 1. The van der Waals surface area contributed by atoms with Crippen molar-refractivity contribution in [3.8, 4) is 0 Å². The number of esters is 1. The second kappa shape index (κ2) is 6.20. The van der Waals surface area contributed by atoms with Gasteiger partial charge in [0, 0.05) is 16.9 Å². The number of rotatable bonds is 4. The van der Waals surface area contributed by atoms with Crippen molar-refractivity contribution in [2.75, 3.05) is 12.4 Å². The number of aromatic nitrogens is 1. The number of nitrogens with zero attached hydrogens (tertiary/aromatic N) is 1. The molecule has 0 unspecified atom stereocenters. The van der Waals surface area contributed by atoms with Gasteiger partial charge < -0.3 is 10.1 Å². The molecular weight excluding hydrogens is 264 g/mol. The Balaban J connectivity index is 1.98. The van der Waals surface area contributed by atoms with Gasteiger partial charge in [0.15, 0.2) is 0 Å². The molecule has 0 fully saturated rings. The van der Waals surface area contributed by atoms with Gasteiger partial charge in [-0.1, -0.05) is 17.7 Å². The van der Waals surface area contributed by atoms with E-state index in [1.165, 1.54) is 13.3 Å². The van der Waals surface area contributed by atoms with Crippen LogP contribution in [-0.2, 0) is 11.3 Å². The number of nitrogens with one attached hydrogen (secondary N) is 1. The van der Waals surface area contributed by atoms with E-state index < -0.39 is 0 Å². The van der Waals surface area contributed by atoms with E-state index in [0.29, 0.717) is 17.1 Å². The summed E-state index contributed by atoms with van der Waals surface area (Å²) >= 11 is 5.89. The Morgan fingerprint density at radius 3 is 2.84 bits per heavy atom. The Hall–Kier alpha value is -2.07. The first kappa shape index (κ1) is 13.4. The summed E-state index contributed by atoms with van der Waals surface area (Å²) in [5, 5.41) is 3.88. The van der Waals surface area contributed by atoms with Crippen molar-refractivity contribution in [2.24, 2.45) is 0 Å². The molecule has 0 bridgehead atoms. The molecule has 0 atom stereocenters. The highest BCUT2D eigenvalue weighted by Gasteiger charge is 2.05. The second-order valence-corrected chi connectivity index (χ2v) is 4.33. The number of carbonyl (C=O) groups excluding carboxylic acids is 1. The van der Waals surface area contributed by atoms with Crippen molar-refractivity contribution in [1.82, 2.24) is 4.98 Å². The molecule has 0 aliphatic rings.